The van der Waals surface area contributed by atoms with Gasteiger partial charge in [-0.15, -0.1) is 0 Å². The molecular weight excluding hydrogens is 392 g/mol. The summed E-state index contributed by atoms with van der Waals surface area (Å²) in [6, 6.07) is -3.66. The second-order valence-electron chi connectivity index (χ2n) is 8.64. The van der Waals surface area contributed by atoms with Gasteiger partial charge in [0.25, 0.3) is 0 Å². The first-order valence-corrected chi connectivity index (χ1v) is 10.5. The first-order valence-electron chi connectivity index (χ1n) is 10.5. The van der Waals surface area contributed by atoms with E-state index in [0.717, 1.165) is 13.0 Å². The molecule has 3 amide bonds. The van der Waals surface area contributed by atoms with E-state index in [0.29, 0.717) is 12.8 Å². The van der Waals surface area contributed by atoms with Crippen LogP contribution in [0.3, 0.4) is 0 Å². The Morgan fingerprint density at radius 1 is 0.967 bits per heavy atom. The summed E-state index contributed by atoms with van der Waals surface area (Å²) in [6.07, 6.45) is 0.682. The van der Waals surface area contributed by atoms with Crippen molar-refractivity contribution in [3.05, 3.63) is 0 Å². The molecule has 0 spiro atoms. The second kappa shape index (κ2) is 11.8. The molecule has 30 heavy (non-hydrogen) atoms. The third-order valence-electron chi connectivity index (χ3n) is 5.01. The van der Waals surface area contributed by atoms with Gasteiger partial charge in [-0.2, -0.15) is 0 Å². The van der Waals surface area contributed by atoms with E-state index >= 15 is 0 Å². The average Bonchev–Trinajstić information content (AvgIpc) is 3.16. The van der Waals surface area contributed by atoms with E-state index in [1.54, 1.807) is 13.8 Å². The van der Waals surface area contributed by atoms with E-state index in [1.807, 2.05) is 13.8 Å². The van der Waals surface area contributed by atoms with Crippen LogP contribution < -0.4 is 21.3 Å². The van der Waals surface area contributed by atoms with E-state index < -0.39 is 42.0 Å². The van der Waals surface area contributed by atoms with Crippen LogP contribution in [0.5, 0.6) is 0 Å². The van der Waals surface area contributed by atoms with Gasteiger partial charge in [-0.25, -0.2) is 4.79 Å². The Morgan fingerprint density at radius 3 is 2.00 bits per heavy atom. The molecule has 1 rings (SSSR count). The predicted octanol–water partition coefficient (Wildman–Crippen LogP) is -0.640. The summed E-state index contributed by atoms with van der Waals surface area (Å²) >= 11 is 0. The molecule has 1 aliphatic heterocycles. The fourth-order valence-corrected chi connectivity index (χ4v) is 3.30. The lowest BCUT2D eigenvalue weighted by atomic mass is 9.99. The van der Waals surface area contributed by atoms with E-state index in [9.17, 15) is 24.3 Å². The van der Waals surface area contributed by atoms with Crippen molar-refractivity contribution in [1.29, 1.82) is 0 Å². The maximum atomic E-state index is 12.9. The number of rotatable bonds is 11. The molecule has 0 saturated carbocycles. The smallest absolute Gasteiger partial charge is 0.328 e. The lowest BCUT2D eigenvalue weighted by Crippen LogP contribution is -2.59. The molecule has 1 saturated heterocycles. The first-order chi connectivity index (χ1) is 13.9. The van der Waals surface area contributed by atoms with Crippen molar-refractivity contribution in [2.24, 2.45) is 11.8 Å². The molecule has 0 aromatic carbocycles. The third kappa shape index (κ3) is 7.91. The number of carbonyl (C=O) groups is 4. The largest absolute Gasteiger partial charge is 0.480 e. The van der Waals surface area contributed by atoms with Crippen LogP contribution in [0, 0.1) is 11.8 Å². The summed E-state index contributed by atoms with van der Waals surface area (Å²) in [5.74, 6) is -3.06. The molecule has 6 N–H and O–H groups in total. The summed E-state index contributed by atoms with van der Waals surface area (Å²) < 4.78 is 0. The number of aliphatic carboxylic acids is 1. The van der Waals surface area contributed by atoms with Crippen molar-refractivity contribution in [3.8, 4) is 0 Å². The SMILES string of the molecule is CC(C)CC(NC(=O)C1CCCN1)C(=O)NC(C(=O)NC(C(=O)O)C(C)O)C(C)C. The molecule has 10 heteroatoms. The summed E-state index contributed by atoms with van der Waals surface area (Å²) in [5, 5.41) is 29.5. The van der Waals surface area contributed by atoms with E-state index in [1.165, 1.54) is 6.92 Å². The first kappa shape index (κ1) is 25.8. The summed E-state index contributed by atoms with van der Waals surface area (Å²) in [5.41, 5.74) is 0. The van der Waals surface area contributed by atoms with Gasteiger partial charge < -0.3 is 31.5 Å². The maximum Gasteiger partial charge on any atom is 0.328 e. The quantitative estimate of drug-likeness (QED) is 0.255. The summed E-state index contributed by atoms with van der Waals surface area (Å²) in [4.78, 5) is 49.2. The molecule has 0 bridgehead atoms. The van der Waals surface area contributed by atoms with Crippen LogP contribution in [0.4, 0.5) is 0 Å². The number of carboxylic acids is 1. The third-order valence-corrected chi connectivity index (χ3v) is 5.01. The number of carboxylic acid groups (broad SMARTS) is 1. The van der Waals surface area contributed by atoms with Gasteiger partial charge in [-0.1, -0.05) is 27.7 Å². The highest BCUT2D eigenvalue weighted by Gasteiger charge is 2.34. The van der Waals surface area contributed by atoms with Gasteiger partial charge in [-0.3, -0.25) is 14.4 Å². The van der Waals surface area contributed by atoms with Gasteiger partial charge in [0.1, 0.15) is 12.1 Å². The summed E-state index contributed by atoms with van der Waals surface area (Å²) in [7, 11) is 0. The lowest BCUT2D eigenvalue weighted by Gasteiger charge is -2.28. The molecule has 172 valence electrons. The number of aliphatic hydroxyl groups is 1. The van der Waals surface area contributed by atoms with E-state index in [2.05, 4.69) is 21.3 Å². The Balaban J connectivity index is 2.88. The van der Waals surface area contributed by atoms with E-state index in [4.69, 9.17) is 5.11 Å². The number of amides is 3. The Morgan fingerprint density at radius 2 is 1.57 bits per heavy atom. The monoisotopic (exact) mass is 428 g/mol. The summed E-state index contributed by atoms with van der Waals surface area (Å²) in [6.45, 7) is 9.28. The van der Waals surface area contributed by atoms with Crippen LogP contribution in [0.2, 0.25) is 0 Å². The fourth-order valence-electron chi connectivity index (χ4n) is 3.30. The molecule has 5 atom stereocenters. The fraction of sp³-hybridized carbons (Fsp3) is 0.800. The molecule has 0 aliphatic carbocycles. The Kier molecular flexibility index (Phi) is 10.2. The van der Waals surface area contributed by atoms with Crippen molar-refractivity contribution < 1.29 is 29.4 Å². The van der Waals surface area contributed by atoms with Crippen molar-refractivity contribution in [3.63, 3.8) is 0 Å². The topological polar surface area (TPSA) is 157 Å². The Labute approximate surface area is 177 Å². The van der Waals surface area contributed by atoms with Gasteiger partial charge in [0.2, 0.25) is 17.7 Å². The van der Waals surface area contributed by atoms with Crippen molar-refractivity contribution in [2.45, 2.75) is 84.2 Å². The highest BCUT2D eigenvalue weighted by molar-refractivity contribution is 5.94. The molecule has 5 unspecified atom stereocenters. The zero-order valence-corrected chi connectivity index (χ0v) is 18.4. The maximum absolute atomic E-state index is 12.9. The zero-order chi connectivity index (χ0) is 23.0. The van der Waals surface area contributed by atoms with E-state index in [-0.39, 0.29) is 23.8 Å². The van der Waals surface area contributed by atoms with Gasteiger partial charge in [-0.05, 0) is 44.6 Å². The van der Waals surface area contributed by atoms with Crippen LogP contribution in [0.1, 0.15) is 53.9 Å². The molecule has 1 heterocycles. The minimum Gasteiger partial charge on any atom is -0.480 e. The Hall–Kier alpha value is -2.20. The highest BCUT2D eigenvalue weighted by atomic mass is 16.4. The minimum absolute atomic E-state index is 0.121. The van der Waals surface area contributed by atoms with Crippen LogP contribution >= 0.6 is 0 Å². The van der Waals surface area contributed by atoms with Gasteiger partial charge >= 0.3 is 5.97 Å². The number of carbonyl (C=O) groups excluding carboxylic acids is 3. The van der Waals surface area contributed by atoms with Gasteiger partial charge in [0.15, 0.2) is 6.04 Å². The van der Waals surface area contributed by atoms with Crippen molar-refractivity contribution in [1.82, 2.24) is 21.3 Å². The highest BCUT2D eigenvalue weighted by Crippen LogP contribution is 2.11. The van der Waals surface area contributed by atoms with Crippen molar-refractivity contribution >= 4 is 23.7 Å². The molecule has 10 nitrogen and oxygen atoms in total. The molecule has 0 radical (unpaired) electrons. The predicted molar refractivity (Wildman–Crippen MR) is 110 cm³/mol. The lowest BCUT2D eigenvalue weighted by molar-refractivity contribution is -0.145. The molecular formula is C20H36N4O6. The number of nitrogens with one attached hydrogen (secondary N) is 4. The minimum atomic E-state index is -1.49. The zero-order valence-electron chi connectivity index (χ0n) is 18.4. The second-order valence-corrected chi connectivity index (χ2v) is 8.64. The average molecular weight is 429 g/mol. The van der Waals surface area contributed by atoms with Crippen LogP contribution in [-0.2, 0) is 19.2 Å². The number of hydrogen-bond acceptors (Lipinski definition) is 6. The molecule has 1 aliphatic rings. The Bertz CT molecular complexity index is 616. The van der Waals surface area contributed by atoms with Gasteiger partial charge in [0.05, 0.1) is 12.1 Å². The van der Waals surface area contributed by atoms with Crippen LogP contribution in [0.25, 0.3) is 0 Å². The molecule has 1 fully saturated rings. The van der Waals surface area contributed by atoms with Crippen LogP contribution in [0.15, 0.2) is 0 Å². The van der Waals surface area contributed by atoms with Crippen molar-refractivity contribution in [2.75, 3.05) is 6.54 Å². The standard InChI is InChI=1S/C20H36N4O6/c1-10(2)9-14(22-17(26)13-7-6-8-21-13)18(27)23-15(11(3)4)19(28)24-16(12(5)25)20(29)30/h10-16,21,25H,6-9H2,1-5H3,(H,22,26)(H,23,27)(H,24,28)(H,29,30). The van der Waals surface area contributed by atoms with Gasteiger partial charge in [0, 0.05) is 0 Å². The number of aliphatic hydroxyl groups excluding tert-OH is 1. The normalized spacial score (nSPS) is 20.3. The molecule has 0 aromatic heterocycles. The number of hydrogen-bond donors (Lipinski definition) is 6. The molecule has 0 aromatic rings. The van der Waals surface area contributed by atoms with Crippen LogP contribution in [-0.4, -0.2) is 70.7 Å².